The lowest BCUT2D eigenvalue weighted by Gasteiger charge is -2.38. The largest absolute Gasteiger partial charge is 0.490 e. The number of benzene rings is 1. The smallest absolute Gasteiger partial charge is 0.207 e. The van der Waals surface area contributed by atoms with Crippen LogP contribution in [-0.2, 0) is 10.3 Å². The molecule has 2 aliphatic rings. The molecule has 1 spiro atoms. The molecule has 0 bridgehead atoms. The summed E-state index contributed by atoms with van der Waals surface area (Å²) >= 11 is 5.14. The van der Waals surface area contributed by atoms with Crippen molar-refractivity contribution >= 4 is 39.3 Å². The van der Waals surface area contributed by atoms with Gasteiger partial charge in [0.2, 0.25) is 6.41 Å². The number of carbonyl (C=O) groups excluding carboxylic acids is 1. The summed E-state index contributed by atoms with van der Waals surface area (Å²) in [6, 6.07) is 6.21. The molecule has 3 N–H and O–H groups in total. The lowest BCUT2D eigenvalue weighted by atomic mass is 9.82. The first-order valence-electron chi connectivity index (χ1n) is 7.67. The number of aliphatic imine (C=N–C) groups is 1. The maximum Gasteiger partial charge on any atom is 0.207 e. The number of hydrogen-bond acceptors (Lipinski definition) is 5. The van der Waals surface area contributed by atoms with Gasteiger partial charge in [-0.3, -0.25) is 9.79 Å². The number of hydrogen-bond donors (Lipinski definition) is 2. The van der Waals surface area contributed by atoms with E-state index in [0.717, 1.165) is 47.2 Å². The Balaban J connectivity index is 1.83. The van der Waals surface area contributed by atoms with Crippen LogP contribution >= 0.6 is 27.7 Å². The fourth-order valence-electron chi connectivity index (χ4n) is 3.18. The van der Waals surface area contributed by atoms with Crippen molar-refractivity contribution < 1.29 is 9.53 Å². The summed E-state index contributed by atoms with van der Waals surface area (Å²) in [5.74, 6) is 1.74. The van der Waals surface area contributed by atoms with Gasteiger partial charge in [0.05, 0.1) is 0 Å². The fourth-order valence-corrected chi connectivity index (χ4v) is 4.51. The fraction of sp³-hybridized carbons (Fsp3) is 0.500. The number of halogens is 1. The Morgan fingerprint density at radius 1 is 1.65 bits per heavy atom. The molecule has 23 heavy (non-hydrogen) atoms. The lowest BCUT2D eigenvalue weighted by Crippen LogP contribution is -2.38. The van der Waals surface area contributed by atoms with Gasteiger partial charge in [-0.2, -0.15) is 0 Å². The van der Waals surface area contributed by atoms with Gasteiger partial charge in [-0.1, -0.05) is 27.7 Å². The third kappa shape index (κ3) is 3.50. The highest BCUT2D eigenvalue weighted by Gasteiger charge is 2.44. The van der Waals surface area contributed by atoms with Gasteiger partial charge in [0.1, 0.15) is 17.4 Å². The van der Waals surface area contributed by atoms with Crippen molar-refractivity contribution in [2.75, 3.05) is 5.75 Å². The Kier molecular flexibility index (Phi) is 4.87. The Hall–Kier alpha value is -1.21. The summed E-state index contributed by atoms with van der Waals surface area (Å²) in [7, 11) is 0. The molecule has 0 radical (unpaired) electrons. The molecule has 0 saturated carbocycles. The van der Waals surface area contributed by atoms with Gasteiger partial charge in [0, 0.05) is 28.3 Å². The highest BCUT2D eigenvalue weighted by molar-refractivity contribution is 9.10. The molecule has 5 nitrogen and oxygen atoms in total. The number of nitrogens with one attached hydrogen (secondary N) is 1. The highest BCUT2D eigenvalue weighted by atomic mass is 79.9. The van der Waals surface area contributed by atoms with Gasteiger partial charge in [0.15, 0.2) is 5.17 Å². The highest BCUT2D eigenvalue weighted by Crippen LogP contribution is 2.48. The second kappa shape index (κ2) is 6.73. The number of nitrogens with zero attached hydrogens (tertiary/aromatic N) is 1. The molecule has 124 valence electrons. The van der Waals surface area contributed by atoms with Gasteiger partial charge < -0.3 is 15.8 Å². The van der Waals surface area contributed by atoms with E-state index in [1.165, 1.54) is 0 Å². The molecule has 7 heteroatoms. The zero-order valence-electron chi connectivity index (χ0n) is 12.9. The van der Waals surface area contributed by atoms with E-state index in [2.05, 4.69) is 27.3 Å². The summed E-state index contributed by atoms with van der Waals surface area (Å²) in [6.45, 7) is 2.00. The number of carbonyl (C=O) groups is 1. The maximum absolute atomic E-state index is 10.5. The number of ether oxygens (including phenoxy) is 1. The van der Waals surface area contributed by atoms with Crippen molar-refractivity contribution in [2.45, 2.75) is 43.9 Å². The Morgan fingerprint density at radius 3 is 3.17 bits per heavy atom. The average molecular weight is 398 g/mol. The van der Waals surface area contributed by atoms with Crippen LogP contribution in [0.4, 0.5) is 0 Å². The summed E-state index contributed by atoms with van der Waals surface area (Å²) in [5, 5.41) is 3.43. The van der Waals surface area contributed by atoms with E-state index in [-0.39, 0.29) is 17.7 Å². The first kappa shape index (κ1) is 16.6. The molecule has 2 aliphatic heterocycles. The summed E-state index contributed by atoms with van der Waals surface area (Å²) in [5.41, 5.74) is 6.77. The Morgan fingerprint density at radius 2 is 2.48 bits per heavy atom. The van der Waals surface area contributed by atoms with E-state index >= 15 is 0 Å². The maximum atomic E-state index is 10.5. The minimum Gasteiger partial charge on any atom is -0.490 e. The molecule has 0 saturated heterocycles. The second-order valence-electron chi connectivity index (χ2n) is 6.12. The molecule has 0 aliphatic carbocycles. The number of nitrogens with two attached hydrogens (primary N) is 1. The molecule has 0 fully saturated rings. The topological polar surface area (TPSA) is 76.7 Å². The molecule has 2 heterocycles. The van der Waals surface area contributed by atoms with E-state index in [0.29, 0.717) is 5.17 Å². The Labute approximate surface area is 148 Å². The van der Waals surface area contributed by atoms with Gasteiger partial charge in [-0.25, -0.2) is 0 Å². The van der Waals surface area contributed by atoms with Crippen LogP contribution in [0.2, 0.25) is 0 Å². The number of thioether (sulfide) groups is 1. The van der Waals surface area contributed by atoms with E-state index in [1.807, 2.05) is 19.1 Å². The van der Waals surface area contributed by atoms with Crippen LogP contribution in [0.3, 0.4) is 0 Å². The van der Waals surface area contributed by atoms with E-state index in [9.17, 15) is 4.79 Å². The van der Waals surface area contributed by atoms with Crippen molar-refractivity contribution in [1.29, 1.82) is 0 Å². The van der Waals surface area contributed by atoms with Crippen molar-refractivity contribution in [2.24, 2.45) is 10.7 Å². The number of rotatable bonds is 5. The van der Waals surface area contributed by atoms with E-state index in [4.69, 9.17) is 15.5 Å². The SMILES string of the molecule is CC(CC[C@H]1CC2(CSC(N)=N2)c2cc(Br)ccc2O1)NC=O. The molecular weight excluding hydrogens is 378 g/mol. The van der Waals surface area contributed by atoms with E-state index < -0.39 is 0 Å². The number of fused-ring (bicyclic) bond motifs is 2. The minimum absolute atomic E-state index is 0.0785. The quantitative estimate of drug-likeness (QED) is 0.748. The summed E-state index contributed by atoms with van der Waals surface area (Å²) in [6.07, 6.45) is 3.39. The molecule has 1 aromatic rings. The summed E-state index contributed by atoms with van der Waals surface area (Å²) in [4.78, 5) is 15.3. The van der Waals surface area contributed by atoms with Gasteiger partial charge in [-0.15, -0.1) is 0 Å². The first-order valence-corrected chi connectivity index (χ1v) is 9.45. The van der Waals surface area contributed by atoms with Crippen molar-refractivity contribution in [3.8, 4) is 5.75 Å². The predicted molar refractivity (Wildman–Crippen MR) is 96.8 cm³/mol. The average Bonchev–Trinajstić information content (AvgIpc) is 2.88. The monoisotopic (exact) mass is 397 g/mol. The first-order chi connectivity index (χ1) is 11.0. The van der Waals surface area contributed by atoms with Crippen molar-refractivity contribution in [3.63, 3.8) is 0 Å². The standard InChI is InChI=1S/C16H20BrN3O2S/c1-10(19-9-21)2-4-12-7-16(8-23-15(18)20-16)13-6-11(17)3-5-14(13)22-12/h3,5-6,9-10,12H,2,4,7-8H2,1H3,(H2,18,20)(H,19,21)/t10?,12-,16?/m0/s1. The summed E-state index contributed by atoms with van der Waals surface area (Å²) < 4.78 is 7.20. The molecule has 0 aromatic heterocycles. The lowest BCUT2D eigenvalue weighted by molar-refractivity contribution is -0.110. The molecule has 1 aromatic carbocycles. The van der Waals surface area contributed by atoms with Crippen LogP contribution in [-0.4, -0.2) is 29.5 Å². The zero-order chi connectivity index (χ0) is 16.4. The zero-order valence-corrected chi connectivity index (χ0v) is 15.3. The third-order valence-corrected chi connectivity index (χ3v) is 5.86. The van der Waals surface area contributed by atoms with Crippen LogP contribution in [0.25, 0.3) is 0 Å². The number of amidine groups is 1. The van der Waals surface area contributed by atoms with Gasteiger partial charge in [0.25, 0.3) is 0 Å². The molecular formula is C16H20BrN3O2S. The van der Waals surface area contributed by atoms with Crippen molar-refractivity contribution in [3.05, 3.63) is 28.2 Å². The van der Waals surface area contributed by atoms with Crippen LogP contribution < -0.4 is 15.8 Å². The van der Waals surface area contributed by atoms with E-state index in [1.54, 1.807) is 11.8 Å². The molecule has 2 unspecified atom stereocenters. The van der Waals surface area contributed by atoms with Crippen LogP contribution in [0, 0.1) is 0 Å². The molecule has 1 amide bonds. The minimum atomic E-state index is -0.294. The van der Waals surface area contributed by atoms with Crippen molar-refractivity contribution in [1.82, 2.24) is 5.32 Å². The van der Waals surface area contributed by atoms with Gasteiger partial charge >= 0.3 is 0 Å². The normalized spacial score (nSPS) is 27.0. The van der Waals surface area contributed by atoms with Crippen LogP contribution in [0.5, 0.6) is 5.75 Å². The Bertz CT molecular complexity index is 640. The third-order valence-electron chi connectivity index (χ3n) is 4.36. The second-order valence-corrected chi connectivity index (χ2v) is 8.03. The predicted octanol–water partition coefficient (Wildman–Crippen LogP) is 2.77. The number of amides is 1. The van der Waals surface area contributed by atoms with Crippen LogP contribution in [0.15, 0.2) is 27.7 Å². The molecule has 3 atom stereocenters. The molecule has 3 rings (SSSR count). The van der Waals surface area contributed by atoms with Crippen LogP contribution in [0.1, 0.15) is 31.7 Å². The van der Waals surface area contributed by atoms with Gasteiger partial charge in [-0.05, 0) is 38.0 Å².